The Morgan fingerprint density at radius 2 is 1.85 bits per heavy atom. The molecule has 0 amide bonds. The fourth-order valence-electron chi connectivity index (χ4n) is 2.97. The molecule has 2 aliphatic rings. The van der Waals surface area contributed by atoms with Gasteiger partial charge in [-0.15, -0.1) is 24.0 Å². The van der Waals surface area contributed by atoms with E-state index in [0.29, 0.717) is 25.0 Å². The first-order chi connectivity index (χ1) is 12.2. The highest BCUT2D eigenvalue weighted by Crippen LogP contribution is 2.21. The molecule has 1 unspecified atom stereocenters. The number of hydrogen-bond acceptors (Lipinski definition) is 3. The third kappa shape index (κ3) is 6.23. The Kier molecular flexibility index (Phi) is 7.40. The summed E-state index contributed by atoms with van der Waals surface area (Å²) >= 11 is 0. The van der Waals surface area contributed by atoms with Gasteiger partial charge in [-0.2, -0.15) is 0 Å². The van der Waals surface area contributed by atoms with Crippen LogP contribution in [0, 0.1) is 23.4 Å². The molecule has 1 saturated carbocycles. The lowest BCUT2D eigenvalue weighted by molar-refractivity contribution is 0.433. The summed E-state index contributed by atoms with van der Waals surface area (Å²) in [5, 5.41) is 3.26. The summed E-state index contributed by atoms with van der Waals surface area (Å²) in [5.74, 6) is -3.04. The zero-order chi connectivity index (χ0) is 18.9. The Morgan fingerprint density at radius 1 is 1.22 bits per heavy atom. The third-order valence-corrected chi connectivity index (χ3v) is 6.40. The largest absolute Gasteiger partial charge is 0.354 e. The van der Waals surface area contributed by atoms with E-state index >= 15 is 0 Å². The van der Waals surface area contributed by atoms with Crippen LogP contribution in [-0.2, 0) is 16.4 Å². The molecule has 1 atom stereocenters. The van der Waals surface area contributed by atoms with Crippen LogP contribution >= 0.6 is 24.0 Å². The van der Waals surface area contributed by atoms with Crippen molar-refractivity contribution < 1.29 is 21.6 Å². The second-order valence-corrected chi connectivity index (χ2v) is 9.31. The van der Waals surface area contributed by atoms with Gasteiger partial charge in [0, 0.05) is 26.2 Å². The number of aliphatic imine (C=N–C) groups is 1. The third-order valence-electron chi connectivity index (χ3n) is 4.56. The van der Waals surface area contributed by atoms with E-state index < -0.39 is 27.3 Å². The summed E-state index contributed by atoms with van der Waals surface area (Å²) in [4.78, 5) is 6.22. The van der Waals surface area contributed by atoms with Crippen LogP contribution in [-0.4, -0.2) is 50.4 Å². The van der Waals surface area contributed by atoms with Gasteiger partial charge in [0.15, 0.2) is 33.2 Å². The minimum Gasteiger partial charge on any atom is -0.354 e. The maximum absolute atomic E-state index is 13.4. The van der Waals surface area contributed by atoms with Crippen molar-refractivity contribution in [1.29, 1.82) is 0 Å². The van der Waals surface area contributed by atoms with Crippen molar-refractivity contribution in [2.45, 2.75) is 31.8 Å². The van der Waals surface area contributed by atoms with Crippen LogP contribution in [0.25, 0.3) is 0 Å². The number of halogens is 4. The molecule has 27 heavy (non-hydrogen) atoms. The highest BCUT2D eigenvalue weighted by Gasteiger charge is 2.28. The predicted molar refractivity (Wildman–Crippen MR) is 108 cm³/mol. The van der Waals surface area contributed by atoms with Gasteiger partial charge in [-0.25, -0.2) is 21.6 Å². The number of guanidine groups is 1. The van der Waals surface area contributed by atoms with E-state index in [2.05, 4.69) is 10.3 Å². The molecular formula is C17H23F3IN3O2S. The summed E-state index contributed by atoms with van der Waals surface area (Å²) in [6.07, 6.45) is 2.63. The van der Waals surface area contributed by atoms with Crippen molar-refractivity contribution >= 4 is 39.8 Å². The first-order valence-corrected chi connectivity index (χ1v) is 10.4. The van der Waals surface area contributed by atoms with Crippen molar-refractivity contribution in [2.24, 2.45) is 10.9 Å². The minimum atomic E-state index is -2.96. The summed E-state index contributed by atoms with van der Waals surface area (Å²) in [7, 11) is -1.24. The van der Waals surface area contributed by atoms with E-state index in [1.54, 1.807) is 11.9 Å². The molecule has 0 aromatic heterocycles. The monoisotopic (exact) mass is 517 g/mol. The van der Waals surface area contributed by atoms with Crippen molar-refractivity contribution in [2.75, 3.05) is 25.1 Å². The predicted octanol–water partition coefficient (Wildman–Crippen LogP) is 2.70. The average molecular weight is 517 g/mol. The van der Waals surface area contributed by atoms with Gasteiger partial charge < -0.3 is 10.2 Å². The number of rotatable bonds is 5. The quantitative estimate of drug-likeness (QED) is 0.283. The van der Waals surface area contributed by atoms with E-state index in [-0.39, 0.29) is 53.5 Å². The van der Waals surface area contributed by atoms with Crippen LogP contribution in [0.4, 0.5) is 13.2 Å². The van der Waals surface area contributed by atoms with Gasteiger partial charge >= 0.3 is 0 Å². The second-order valence-electron chi connectivity index (χ2n) is 7.08. The lowest BCUT2D eigenvalue weighted by Crippen LogP contribution is -2.40. The Bertz CT molecular complexity index is 793. The molecule has 0 radical (unpaired) electrons. The second kappa shape index (κ2) is 8.97. The van der Waals surface area contributed by atoms with Crippen LogP contribution in [0.15, 0.2) is 17.1 Å². The number of hydrogen-bond donors (Lipinski definition) is 1. The smallest absolute Gasteiger partial charge is 0.194 e. The molecule has 10 heteroatoms. The molecule has 5 nitrogen and oxygen atoms in total. The number of nitrogens with one attached hydrogen (secondary N) is 1. The molecule has 1 N–H and O–H groups in total. The summed E-state index contributed by atoms with van der Waals surface area (Å²) in [5.41, 5.74) is 0.289. The van der Waals surface area contributed by atoms with Crippen molar-refractivity contribution in [3.63, 3.8) is 0 Å². The molecule has 1 saturated heterocycles. The zero-order valence-electron chi connectivity index (χ0n) is 14.9. The zero-order valence-corrected chi connectivity index (χ0v) is 18.1. The van der Waals surface area contributed by atoms with Gasteiger partial charge in [0.1, 0.15) is 0 Å². The molecule has 3 rings (SSSR count). The number of sulfone groups is 1. The molecular weight excluding hydrogens is 494 g/mol. The normalized spacial score (nSPS) is 21.6. The first kappa shape index (κ1) is 22.3. The molecule has 1 aromatic carbocycles. The van der Waals surface area contributed by atoms with Crippen LogP contribution < -0.4 is 5.32 Å². The summed E-state index contributed by atoms with van der Waals surface area (Å²) in [6, 6.07) is 2.24. The standard InChI is InChI=1S/C17H22F3N3O2S.HI/c1-23(9-12-6-14(18)16(20)15(19)7-12)17(22-13-2-3-13)21-8-11-4-5-26(24,25)10-11;/h6-7,11,13H,2-5,8-10H2,1H3,(H,21,22);1H. The van der Waals surface area contributed by atoms with Crippen LogP contribution in [0.1, 0.15) is 24.8 Å². The highest BCUT2D eigenvalue weighted by molar-refractivity contribution is 14.0. The molecule has 1 aliphatic heterocycles. The number of benzene rings is 1. The fraction of sp³-hybridized carbons (Fsp3) is 0.588. The maximum atomic E-state index is 13.4. The Balaban J connectivity index is 0.00000261. The first-order valence-electron chi connectivity index (χ1n) is 8.59. The van der Waals surface area contributed by atoms with Gasteiger partial charge in [0.25, 0.3) is 0 Å². The average Bonchev–Trinajstić information content (AvgIpc) is 3.31. The lowest BCUT2D eigenvalue weighted by Gasteiger charge is -2.23. The molecule has 0 spiro atoms. The van der Waals surface area contributed by atoms with Gasteiger partial charge in [0.05, 0.1) is 11.5 Å². The Labute approximate surface area is 174 Å². The fourth-order valence-corrected chi connectivity index (χ4v) is 4.82. The van der Waals surface area contributed by atoms with Crippen molar-refractivity contribution in [3.05, 3.63) is 35.1 Å². The Morgan fingerprint density at radius 3 is 2.37 bits per heavy atom. The van der Waals surface area contributed by atoms with Crippen LogP contribution in [0.3, 0.4) is 0 Å². The van der Waals surface area contributed by atoms with E-state index in [0.717, 1.165) is 25.0 Å². The van der Waals surface area contributed by atoms with Crippen LogP contribution in [0.2, 0.25) is 0 Å². The summed E-state index contributed by atoms with van der Waals surface area (Å²) in [6.45, 7) is 0.528. The SMILES string of the molecule is CN(Cc1cc(F)c(F)c(F)c1)C(=NCC1CCS(=O)(=O)C1)NC1CC1.I. The summed E-state index contributed by atoms with van der Waals surface area (Å²) < 4.78 is 63.0. The van der Waals surface area contributed by atoms with E-state index in [9.17, 15) is 21.6 Å². The maximum Gasteiger partial charge on any atom is 0.194 e. The molecule has 1 aliphatic carbocycles. The van der Waals surface area contributed by atoms with E-state index in [1.807, 2.05) is 0 Å². The molecule has 1 heterocycles. The van der Waals surface area contributed by atoms with E-state index in [4.69, 9.17) is 0 Å². The molecule has 2 fully saturated rings. The van der Waals surface area contributed by atoms with Crippen LogP contribution in [0.5, 0.6) is 0 Å². The van der Waals surface area contributed by atoms with Crippen molar-refractivity contribution in [3.8, 4) is 0 Å². The molecule has 1 aromatic rings. The Hall–Kier alpha value is -1.04. The lowest BCUT2D eigenvalue weighted by atomic mass is 10.1. The van der Waals surface area contributed by atoms with E-state index in [1.165, 1.54) is 0 Å². The number of nitrogens with zero attached hydrogens (tertiary/aromatic N) is 2. The molecule has 0 bridgehead atoms. The van der Waals surface area contributed by atoms with Gasteiger partial charge in [-0.3, -0.25) is 4.99 Å². The minimum absolute atomic E-state index is 0. The van der Waals surface area contributed by atoms with Gasteiger partial charge in [-0.05, 0) is 42.9 Å². The topological polar surface area (TPSA) is 61.8 Å². The molecule has 152 valence electrons. The van der Waals surface area contributed by atoms with Gasteiger partial charge in [-0.1, -0.05) is 0 Å². The highest BCUT2D eigenvalue weighted by atomic mass is 127. The van der Waals surface area contributed by atoms with Gasteiger partial charge in [0.2, 0.25) is 0 Å². The van der Waals surface area contributed by atoms with Crippen molar-refractivity contribution in [1.82, 2.24) is 10.2 Å².